The maximum Gasteiger partial charge on any atom is 0.320 e. The topological polar surface area (TPSA) is 91.0 Å². The summed E-state index contributed by atoms with van der Waals surface area (Å²) in [7, 11) is 0. The zero-order chi connectivity index (χ0) is 24.5. The number of rotatable bonds is 4. The fourth-order valence-electron chi connectivity index (χ4n) is 5.21. The minimum atomic E-state index is -0.121. The van der Waals surface area contributed by atoms with E-state index in [4.69, 9.17) is 4.74 Å². The predicted octanol–water partition coefficient (Wildman–Crippen LogP) is 2.52. The molecule has 3 heterocycles. The molecule has 2 N–H and O–H groups in total. The highest BCUT2D eigenvalue weighted by Crippen LogP contribution is 2.32. The van der Waals surface area contributed by atoms with Crippen LogP contribution in [0.25, 0.3) is 11.1 Å². The molecule has 184 valence electrons. The van der Waals surface area contributed by atoms with Crippen LogP contribution in [0.5, 0.6) is 0 Å². The lowest BCUT2D eigenvalue weighted by molar-refractivity contribution is -0.139. The van der Waals surface area contributed by atoms with Crippen LogP contribution in [-0.2, 0) is 9.53 Å². The van der Waals surface area contributed by atoms with E-state index in [1.54, 1.807) is 0 Å². The summed E-state index contributed by atoms with van der Waals surface area (Å²) in [6.07, 6.45) is 0.744. The second kappa shape index (κ2) is 9.70. The number of fused-ring (bicyclic) bond motifs is 1. The summed E-state index contributed by atoms with van der Waals surface area (Å²) in [5, 5.41) is 5.85. The molecule has 3 saturated heterocycles. The van der Waals surface area contributed by atoms with E-state index in [1.807, 2.05) is 41.8 Å². The number of hydrogen-bond donors (Lipinski definition) is 2. The number of nitrogens with zero attached hydrogens (tertiary/aromatic N) is 2. The number of carbonyl (C=O) groups is 3. The van der Waals surface area contributed by atoms with Crippen LogP contribution in [0.2, 0.25) is 0 Å². The lowest BCUT2D eigenvalue weighted by Crippen LogP contribution is -2.63. The van der Waals surface area contributed by atoms with Gasteiger partial charge in [-0.2, -0.15) is 0 Å². The molecule has 2 unspecified atom stereocenters. The van der Waals surface area contributed by atoms with Gasteiger partial charge in [-0.1, -0.05) is 42.0 Å². The van der Waals surface area contributed by atoms with Gasteiger partial charge in [0.2, 0.25) is 5.91 Å². The number of amides is 4. The largest absolute Gasteiger partial charge is 0.366 e. The van der Waals surface area contributed by atoms with Gasteiger partial charge in [-0.05, 0) is 43.0 Å². The lowest BCUT2D eigenvalue weighted by Gasteiger charge is -2.46. The number of likely N-dealkylation sites (tertiary alicyclic amines) is 2. The molecule has 3 fully saturated rings. The third-order valence-electron chi connectivity index (χ3n) is 7.20. The first-order chi connectivity index (χ1) is 16.9. The summed E-state index contributed by atoms with van der Waals surface area (Å²) in [5.41, 5.74) is 4.84. The minimum Gasteiger partial charge on any atom is -0.366 e. The van der Waals surface area contributed by atoms with E-state index in [1.165, 1.54) is 5.56 Å². The Kier molecular flexibility index (Phi) is 6.47. The summed E-state index contributed by atoms with van der Waals surface area (Å²) in [6, 6.07) is 14.2. The number of benzene rings is 2. The molecule has 0 radical (unpaired) electrons. The van der Waals surface area contributed by atoms with Crippen molar-refractivity contribution in [2.24, 2.45) is 0 Å². The molecule has 0 aromatic heterocycles. The molecular weight excluding hydrogens is 444 g/mol. The lowest BCUT2D eigenvalue weighted by atomic mass is 9.89. The van der Waals surface area contributed by atoms with E-state index in [-0.39, 0.29) is 36.6 Å². The molecule has 2 aromatic rings. The molecule has 0 saturated carbocycles. The third-order valence-corrected chi connectivity index (χ3v) is 7.20. The van der Waals surface area contributed by atoms with Gasteiger partial charge in [0.05, 0.1) is 12.1 Å². The van der Waals surface area contributed by atoms with E-state index in [0.29, 0.717) is 44.2 Å². The van der Waals surface area contributed by atoms with Gasteiger partial charge < -0.3 is 25.2 Å². The Morgan fingerprint density at radius 1 is 1.09 bits per heavy atom. The van der Waals surface area contributed by atoms with Crippen molar-refractivity contribution in [1.82, 2.24) is 20.4 Å². The van der Waals surface area contributed by atoms with Crippen LogP contribution in [0.15, 0.2) is 42.5 Å². The zero-order valence-corrected chi connectivity index (χ0v) is 20.3. The Balaban J connectivity index is 1.20. The van der Waals surface area contributed by atoms with Crippen LogP contribution in [0.3, 0.4) is 0 Å². The van der Waals surface area contributed by atoms with Crippen LogP contribution in [0, 0.1) is 6.92 Å². The van der Waals surface area contributed by atoms with Crippen LogP contribution >= 0.6 is 0 Å². The van der Waals surface area contributed by atoms with Crippen LogP contribution in [0.1, 0.15) is 40.7 Å². The van der Waals surface area contributed by atoms with Crippen LogP contribution in [-0.4, -0.2) is 79.1 Å². The maximum absolute atomic E-state index is 13.0. The fraction of sp³-hybridized carbons (Fsp3) is 0.444. The Morgan fingerprint density at radius 3 is 2.60 bits per heavy atom. The molecule has 8 nitrogen and oxygen atoms in total. The Labute approximate surface area is 205 Å². The second-order valence-electron chi connectivity index (χ2n) is 9.67. The van der Waals surface area contributed by atoms with Gasteiger partial charge in [0, 0.05) is 44.2 Å². The Morgan fingerprint density at radius 2 is 1.86 bits per heavy atom. The first-order valence-electron chi connectivity index (χ1n) is 12.4. The number of nitrogens with one attached hydrogen (secondary N) is 2. The van der Waals surface area contributed by atoms with Crippen LogP contribution < -0.4 is 10.6 Å². The molecule has 0 bridgehead atoms. The summed E-state index contributed by atoms with van der Waals surface area (Å²) < 4.78 is 5.59. The molecule has 4 amide bonds. The SMILES string of the molecule is CCNC(=O)c1cc(C)ccc1-c1ccc(C2CN(C(=O)N3CCC4OCC(=O)NC4C3)C2)cc1. The number of piperidine rings is 1. The van der Waals surface area contributed by atoms with Crippen molar-refractivity contribution in [3.05, 3.63) is 59.2 Å². The summed E-state index contributed by atoms with van der Waals surface area (Å²) in [6.45, 7) is 7.11. The molecule has 0 aliphatic carbocycles. The Bertz CT molecular complexity index is 1130. The first kappa shape index (κ1) is 23.4. The molecule has 35 heavy (non-hydrogen) atoms. The van der Waals surface area contributed by atoms with Gasteiger partial charge in [-0.3, -0.25) is 9.59 Å². The number of morpholine rings is 1. The molecule has 0 spiro atoms. The normalized spacial score (nSPS) is 22.2. The van der Waals surface area contributed by atoms with E-state index < -0.39 is 0 Å². The summed E-state index contributed by atoms with van der Waals surface area (Å²) >= 11 is 0. The Hall–Kier alpha value is -3.39. The highest BCUT2D eigenvalue weighted by atomic mass is 16.5. The van der Waals surface area contributed by atoms with E-state index >= 15 is 0 Å². The maximum atomic E-state index is 13.0. The van der Waals surface area contributed by atoms with Gasteiger partial charge in [0.15, 0.2) is 0 Å². The summed E-state index contributed by atoms with van der Waals surface area (Å²) in [5.74, 6) is 0.118. The van der Waals surface area contributed by atoms with Crippen molar-refractivity contribution in [2.75, 3.05) is 39.3 Å². The minimum absolute atomic E-state index is 0.00139. The highest BCUT2D eigenvalue weighted by Gasteiger charge is 2.40. The van der Waals surface area contributed by atoms with E-state index in [2.05, 4.69) is 34.9 Å². The van der Waals surface area contributed by atoms with Crippen molar-refractivity contribution in [3.8, 4) is 11.1 Å². The van der Waals surface area contributed by atoms with Gasteiger partial charge in [0.1, 0.15) is 6.61 Å². The molecule has 5 rings (SSSR count). The number of ether oxygens (including phenoxy) is 1. The average Bonchev–Trinajstić information content (AvgIpc) is 2.83. The number of aryl methyl sites for hydroxylation is 1. The number of carbonyl (C=O) groups excluding carboxylic acids is 3. The highest BCUT2D eigenvalue weighted by molar-refractivity contribution is 6.01. The fourth-order valence-corrected chi connectivity index (χ4v) is 5.21. The smallest absolute Gasteiger partial charge is 0.320 e. The molecular formula is C27H32N4O4. The number of hydrogen-bond acceptors (Lipinski definition) is 4. The van der Waals surface area contributed by atoms with Crippen molar-refractivity contribution in [2.45, 2.75) is 38.3 Å². The third kappa shape index (κ3) is 4.75. The molecule has 3 aliphatic rings. The van der Waals surface area contributed by atoms with Gasteiger partial charge in [0.25, 0.3) is 5.91 Å². The first-order valence-corrected chi connectivity index (χ1v) is 12.4. The van der Waals surface area contributed by atoms with Crippen molar-refractivity contribution in [3.63, 3.8) is 0 Å². The second-order valence-corrected chi connectivity index (χ2v) is 9.67. The molecule has 2 aromatic carbocycles. The standard InChI is InChI=1S/C27H32N4O4/c1-3-28-26(33)22-12-17(2)4-9-21(22)19-7-5-18(6-8-19)20-13-31(14-20)27(34)30-11-10-24-23(15-30)29-25(32)16-35-24/h4-9,12,20,23-24H,3,10-11,13-16H2,1-2H3,(H,28,33)(H,29,32). The molecule has 2 atom stereocenters. The molecule has 3 aliphatic heterocycles. The quantitative estimate of drug-likeness (QED) is 0.710. The van der Waals surface area contributed by atoms with Crippen LogP contribution in [0.4, 0.5) is 4.79 Å². The molecule has 8 heteroatoms. The van der Waals surface area contributed by atoms with Gasteiger partial charge in [-0.15, -0.1) is 0 Å². The van der Waals surface area contributed by atoms with Crippen molar-refractivity contribution in [1.29, 1.82) is 0 Å². The predicted molar refractivity (Wildman–Crippen MR) is 132 cm³/mol. The average molecular weight is 477 g/mol. The summed E-state index contributed by atoms with van der Waals surface area (Å²) in [4.78, 5) is 40.9. The van der Waals surface area contributed by atoms with Crippen molar-refractivity contribution < 1.29 is 19.1 Å². The van der Waals surface area contributed by atoms with E-state index in [9.17, 15) is 14.4 Å². The van der Waals surface area contributed by atoms with Gasteiger partial charge in [-0.25, -0.2) is 4.79 Å². The van der Waals surface area contributed by atoms with Crippen molar-refractivity contribution >= 4 is 17.8 Å². The zero-order valence-electron chi connectivity index (χ0n) is 20.3. The number of urea groups is 1. The van der Waals surface area contributed by atoms with E-state index in [0.717, 1.165) is 23.1 Å². The monoisotopic (exact) mass is 476 g/mol. The van der Waals surface area contributed by atoms with Gasteiger partial charge >= 0.3 is 6.03 Å².